The third kappa shape index (κ3) is 21.3. The van der Waals surface area contributed by atoms with Crippen molar-refractivity contribution < 1.29 is 0 Å². The summed E-state index contributed by atoms with van der Waals surface area (Å²) in [6.45, 7) is 4.59. The SMILES string of the molecule is CCCCC[CH2][Sn][CH2]CCCCC.Cl.Cl. The van der Waals surface area contributed by atoms with Crippen LogP contribution in [0.1, 0.15) is 65.2 Å². The fourth-order valence-electron chi connectivity index (χ4n) is 1.48. The zero-order valence-corrected chi connectivity index (χ0v) is 14.9. The minimum Gasteiger partial charge on any atom is -0.147 e. The van der Waals surface area contributed by atoms with Crippen molar-refractivity contribution in [1.29, 1.82) is 0 Å². The Kier molecular flexibility index (Phi) is 29.9. The number of hydrogen-bond acceptors (Lipinski definition) is 0. The number of hydrogen-bond donors (Lipinski definition) is 0. The molecule has 0 spiro atoms. The molecule has 0 unspecified atom stereocenters. The van der Waals surface area contributed by atoms with Crippen LogP contribution >= 0.6 is 24.8 Å². The van der Waals surface area contributed by atoms with Gasteiger partial charge < -0.3 is 0 Å². The second-order valence-electron chi connectivity index (χ2n) is 3.87. The third-order valence-electron chi connectivity index (χ3n) is 2.41. The van der Waals surface area contributed by atoms with E-state index in [9.17, 15) is 0 Å². The maximum atomic E-state index is 2.30. The van der Waals surface area contributed by atoms with E-state index in [1.54, 1.807) is 21.7 Å². The zero-order valence-electron chi connectivity index (χ0n) is 10.4. The molecule has 0 saturated carbocycles. The van der Waals surface area contributed by atoms with Gasteiger partial charge in [0.2, 0.25) is 0 Å². The van der Waals surface area contributed by atoms with Gasteiger partial charge in [0.15, 0.2) is 0 Å². The summed E-state index contributed by atoms with van der Waals surface area (Å²) >= 11 is 0.104. The molecule has 0 atom stereocenters. The molecule has 0 aliphatic carbocycles. The Morgan fingerprint density at radius 2 is 1.00 bits per heavy atom. The molecule has 0 fully saturated rings. The summed E-state index contributed by atoms with van der Waals surface area (Å²) in [6.07, 6.45) is 11.8. The van der Waals surface area contributed by atoms with E-state index in [0.717, 1.165) is 0 Å². The number of rotatable bonds is 10. The van der Waals surface area contributed by atoms with Crippen LogP contribution < -0.4 is 0 Å². The van der Waals surface area contributed by atoms with E-state index < -0.39 is 0 Å². The molecule has 0 heterocycles. The quantitative estimate of drug-likeness (QED) is 0.354. The average molecular weight is 362 g/mol. The van der Waals surface area contributed by atoms with E-state index >= 15 is 0 Å². The van der Waals surface area contributed by atoms with E-state index in [1.165, 1.54) is 38.5 Å². The van der Waals surface area contributed by atoms with Crippen LogP contribution in [-0.2, 0) is 0 Å². The van der Waals surface area contributed by atoms with E-state index in [1.807, 2.05) is 0 Å². The van der Waals surface area contributed by atoms with E-state index in [-0.39, 0.29) is 46.0 Å². The molecule has 0 amide bonds. The van der Waals surface area contributed by atoms with Gasteiger partial charge >= 0.3 is 95.2 Å². The van der Waals surface area contributed by atoms with E-state index in [4.69, 9.17) is 0 Å². The van der Waals surface area contributed by atoms with Crippen molar-refractivity contribution in [3.63, 3.8) is 0 Å². The van der Waals surface area contributed by atoms with E-state index in [0.29, 0.717) is 0 Å². The molecule has 0 aromatic rings. The van der Waals surface area contributed by atoms with Gasteiger partial charge in [-0.3, -0.25) is 0 Å². The normalized spacial score (nSPS) is 9.20. The summed E-state index contributed by atoms with van der Waals surface area (Å²) < 4.78 is 3.30. The zero-order chi connectivity index (χ0) is 9.78. The van der Waals surface area contributed by atoms with Gasteiger partial charge in [-0.1, -0.05) is 0 Å². The molecule has 15 heavy (non-hydrogen) atoms. The second-order valence-corrected chi connectivity index (χ2v) is 8.15. The van der Waals surface area contributed by atoms with Crippen LogP contribution in [0.2, 0.25) is 8.87 Å². The van der Waals surface area contributed by atoms with E-state index in [2.05, 4.69) is 13.8 Å². The first-order chi connectivity index (χ1) is 6.41. The van der Waals surface area contributed by atoms with Crippen LogP contribution in [-0.4, -0.2) is 21.1 Å². The summed E-state index contributed by atoms with van der Waals surface area (Å²) in [5.41, 5.74) is 0. The molecule has 0 aromatic carbocycles. The topological polar surface area (TPSA) is 0 Å². The monoisotopic (exact) mass is 362 g/mol. The first-order valence-electron chi connectivity index (χ1n) is 6.12. The van der Waals surface area contributed by atoms with Crippen molar-refractivity contribution in [3.05, 3.63) is 0 Å². The van der Waals surface area contributed by atoms with Crippen LogP contribution in [0.4, 0.5) is 0 Å². The maximum absolute atomic E-state index is 2.30. The predicted molar refractivity (Wildman–Crippen MR) is 78.1 cm³/mol. The Morgan fingerprint density at radius 3 is 1.33 bits per heavy atom. The van der Waals surface area contributed by atoms with Crippen molar-refractivity contribution in [2.24, 2.45) is 0 Å². The van der Waals surface area contributed by atoms with Crippen molar-refractivity contribution in [2.45, 2.75) is 74.1 Å². The maximum Gasteiger partial charge on any atom is -0.147 e. The summed E-state index contributed by atoms with van der Waals surface area (Å²) in [5.74, 6) is 0. The van der Waals surface area contributed by atoms with Gasteiger partial charge in [-0.15, -0.1) is 24.8 Å². The Hall–Kier alpha value is 1.38. The van der Waals surface area contributed by atoms with Crippen LogP contribution in [0, 0.1) is 0 Å². The van der Waals surface area contributed by atoms with Gasteiger partial charge in [0, 0.05) is 0 Å². The smallest absolute Gasteiger partial charge is 0.147 e. The third-order valence-corrected chi connectivity index (χ3v) is 6.45. The Labute approximate surface area is 119 Å². The van der Waals surface area contributed by atoms with Crippen LogP contribution in [0.3, 0.4) is 0 Å². The molecule has 0 nitrogen and oxygen atoms in total. The molecule has 0 bridgehead atoms. The van der Waals surface area contributed by atoms with Gasteiger partial charge in [-0.05, 0) is 0 Å². The summed E-state index contributed by atoms with van der Waals surface area (Å²) in [6, 6.07) is 0. The van der Waals surface area contributed by atoms with Crippen molar-refractivity contribution in [1.82, 2.24) is 0 Å². The molecule has 0 rings (SSSR count). The molecule has 0 aliphatic rings. The van der Waals surface area contributed by atoms with Crippen LogP contribution in [0.5, 0.6) is 0 Å². The molecular formula is C12H28Cl2Sn. The summed E-state index contributed by atoms with van der Waals surface area (Å²) in [7, 11) is 0. The predicted octanol–water partition coefficient (Wildman–Crippen LogP) is 5.53. The minimum absolute atomic E-state index is 0. The molecule has 0 N–H and O–H groups in total. The first kappa shape index (κ1) is 21.6. The van der Waals surface area contributed by atoms with Gasteiger partial charge in [0.25, 0.3) is 0 Å². The molecule has 0 aliphatic heterocycles. The first-order valence-corrected chi connectivity index (χ1v) is 10.2. The Bertz CT molecular complexity index is 79.7. The molecule has 3 heteroatoms. The summed E-state index contributed by atoms with van der Waals surface area (Å²) in [5, 5.41) is 0. The second kappa shape index (κ2) is 20.7. The van der Waals surface area contributed by atoms with Crippen LogP contribution in [0.25, 0.3) is 0 Å². The molecule has 0 saturated heterocycles. The van der Waals surface area contributed by atoms with Crippen molar-refractivity contribution >= 4 is 46.0 Å². The Balaban J connectivity index is -0.000000720. The number of unbranched alkanes of at least 4 members (excludes halogenated alkanes) is 6. The molecule has 2 radical (unpaired) electrons. The largest absolute Gasteiger partial charge is 0.147 e. The average Bonchev–Trinajstić information content (AvgIpc) is 2.16. The molecular weight excluding hydrogens is 334 g/mol. The fourth-order valence-corrected chi connectivity index (χ4v) is 5.05. The van der Waals surface area contributed by atoms with Gasteiger partial charge in [0.1, 0.15) is 0 Å². The van der Waals surface area contributed by atoms with Crippen molar-refractivity contribution in [3.8, 4) is 0 Å². The standard InChI is InChI=1S/2C6H13.2ClH.Sn/c2*1-3-5-6-4-2;;;/h2*1,3-6H2,2H3;2*1H;. The van der Waals surface area contributed by atoms with Gasteiger partial charge in [-0.25, -0.2) is 0 Å². The minimum atomic E-state index is 0. The van der Waals surface area contributed by atoms with Gasteiger partial charge in [0.05, 0.1) is 0 Å². The number of halogens is 2. The summed E-state index contributed by atoms with van der Waals surface area (Å²) in [4.78, 5) is 0. The molecule has 94 valence electrons. The Morgan fingerprint density at radius 1 is 0.600 bits per heavy atom. The van der Waals surface area contributed by atoms with Crippen molar-refractivity contribution in [2.75, 3.05) is 0 Å². The van der Waals surface area contributed by atoms with Crippen LogP contribution in [0.15, 0.2) is 0 Å². The molecule has 0 aromatic heterocycles. The van der Waals surface area contributed by atoms with Gasteiger partial charge in [-0.2, -0.15) is 0 Å². The fraction of sp³-hybridized carbons (Fsp3) is 1.00.